The van der Waals surface area contributed by atoms with Crippen LogP contribution in [0.15, 0.2) is 35.9 Å². The summed E-state index contributed by atoms with van der Waals surface area (Å²) in [5.74, 6) is -1.24. The summed E-state index contributed by atoms with van der Waals surface area (Å²) in [4.78, 5) is 39.4. The van der Waals surface area contributed by atoms with Crippen LogP contribution in [-0.2, 0) is 16.0 Å². The van der Waals surface area contributed by atoms with E-state index in [1.54, 1.807) is 18.2 Å². The van der Waals surface area contributed by atoms with Gasteiger partial charge >= 0.3 is 6.03 Å². The van der Waals surface area contributed by atoms with Gasteiger partial charge in [0.1, 0.15) is 5.57 Å². The van der Waals surface area contributed by atoms with Crippen LogP contribution in [0.5, 0.6) is 0 Å². The molecule has 4 amide bonds. The Bertz CT molecular complexity index is 1060. The minimum absolute atomic E-state index is 0.0211. The molecule has 1 saturated heterocycles. The van der Waals surface area contributed by atoms with Gasteiger partial charge in [-0.25, -0.2) is 9.69 Å². The molecule has 0 unspecified atom stereocenters. The Hall–Kier alpha value is -3.15. The minimum atomic E-state index is -0.709. The molecule has 6 heteroatoms. The summed E-state index contributed by atoms with van der Waals surface area (Å²) in [6.07, 6.45) is 7.06. The number of benzene rings is 1. The van der Waals surface area contributed by atoms with Crippen molar-refractivity contribution < 1.29 is 14.4 Å². The average molecular weight is 405 g/mol. The largest absolute Gasteiger partial charge is 0.346 e. The first kappa shape index (κ1) is 20.1. The van der Waals surface area contributed by atoms with Crippen molar-refractivity contribution in [3.63, 3.8) is 0 Å². The van der Waals surface area contributed by atoms with Crippen LogP contribution in [0.3, 0.4) is 0 Å². The van der Waals surface area contributed by atoms with E-state index < -0.39 is 17.8 Å². The first-order chi connectivity index (χ1) is 14.4. The summed E-state index contributed by atoms with van der Waals surface area (Å²) in [6.45, 7) is 6.05. The molecule has 6 nitrogen and oxygen atoms in total. The Balaban J connectivity index is 1.74. The van der Waals surface area contributed by atoms with E-state index in [0.717, 1.165) is 40.3 Å². The fraction of sp³-hybridized carbons (Fsp3) is 0.375. The molecular formula is C24H27N3O3. The second-order valence-electron chi connectivity index (χ2n) is 8.07. The van der Waals surface area contributed by atoms with Crippen molar-refractivity contribution in [3.8, 4) is 0 Å². The Morgan fingerprint density at radius 1 is 1.10 bits per heavy atom. The van der Waals surface area contributed by atoms with Gasteiger partial charge in [-0.05, 0) is 62.4 Å². The molecule has 2 fully saturated rings. The Labute approximate surface area is 176 Å². The van der Waals surface area contributed by atoms with Crippen LogP contribution in [0.1, 0.15) is 61.2 Å². The van der Waals surface area contributed by atoms with Gasteiger partial charge in [0.2, 0.25) is 0 Å². The highest BCUT2D eigenvalue weighted by Crippen LogP contribution is 2.34. The molecular weight excluding hydrogens is 378 g/mol. The molecule has 1 aromatic heterocycles. The molecule has 1 aliphatic carbocycles. The summed E-state index contributed by atoms with van der Waals surface area (Å²) in [5.41, 5.74) is 4.37. The molecule has 4 rings (SSSR count). The van der Waals surface area contributed by atoms with Gasteiger partial charge in [-0.15, -0.1) is 0 Å². The maximum Gasteiger partial charge on any atom is 0.335 e. The molecule has 2 aromatic rings. The summed E-state index contributed by atoms with van der Waals surface area (Å²) >= 11 is 0. The van der Waals surface area contributed by atoms with Crippen molar-refractivity contribution in [2.45, 2.75) is 58.9 Å². The number of barbiturate groups is 1. The minimum Gasteiger partial charge on any atom is -0.346 e. The number of imide groups is 2. The highest BCUT2D eigenvalue weighted by atomic mass is 16.2. The Morgan fingerprint density at radius 2 is 1.80 bits per heavy atom. The molecule has 30 heavy (non-hydrogen) atoms. The van der Waals surface area contributed by atoms with E-state index in [1.807, 2.05) is 32.0 Å². The lowest BCUT2D eigenvalue weighted by molar-refractivity contribution is -0.122. The van der Waals surface area contributed by atoms with E-state index in [0.29, 0.717) is 18.2 Å². The highest BCUT2D eigenvalue weighted by Gasteiger charge is 2.37. The second-order valence-corrected chi connectivity index (χ2v) is 8.07. The number of hydrogen-bond acceptors (Lipinski definition) is 3. The lowest BCUT2D eigenvalue weighted by Crippen LogP contribution is -2.54. The van der Waals surface area contributed by atoms with E-state index in [4.69, 9.17) is 0 Å². The van der Waals surface area contributed by atoms with Gasteiger partial charge in [-0.3, -0.25) is 14.9 Å². The average Bonchev–Trinajstić information content (AvgIpc) is 3.33. The van der Waals surface area contributed by atoms with Crippen molar-refractivity contribution >= 4 is 29.6 Å². The molecule has 0 radical (unpaired) electrons. The van der Waals surface area contributed by atoms with Crippen LogP contribution in [0.25, 0.3) is 6.08 Å². The van der Waals surface area contributed by atoms with Crippen LogP contribution in [0.4, 0.5) is 10.5 Å². The van der Waals surface area contributed by atoms with Crippen molar-refractivity contribution in [1.82, 2.24) is 9.88 Å². The number of carbonyl (C=O) groups excluding carboxylic acids is 3. The number of nitrogens with one attached hydrogen (secondary N) is 1. The third kappa shape index (κ3) is 3.36. The summed E-state index contributed by atoms with van der Waals surface area (Å²) in [6, 6.07) is 9.04. The zero-order valence-electron chi connectivity index (χ0n) is 17.7. The van der Waals surface area contributed by atoms with Crippen molar-refractivity contribution in [2.75, 3.05) is 4.90 Å². The smallest absolute Gasteiger partial charge is 0.335 e. The maximum absolute atomic E-state index is 13.2. The van der Waals surface area contributed by atoms with Crippen LogP contribution in [0.2, 0.25) is 0 Å². The normalized spacial score (nSPS) is 19.1. The van der Waals surface area contributed by atoms with Crippen LogP contribution in [0, 0.1) is 13.8 Å². The van der Waals surface area contributed by atoms with E-state index in [9.17, 15) is 14.4 Å². The lowest BCUT2D eigenvalue weighted by atomic mass is 10.0. The molecule has 1 aromatic carbocycles. The lowest BCUT2D eigenvalue weighted by Gasteiger charge is -2.28. The number of amides is 4. The molecule has 2 aliphatic rings. The first-order valence-corrected chi connectivity index (χ1v) is 10.6. The third-order valence-corrected chi connectivity index (χ3v) is 6.23. The van der Waals surface area contributed by atoms with Gasteiger partial charge in [-0.2, -0.15) is 0 Å². The molecule has 1 saturated carbocycles. The second kappa shape index (κ2) is 7.94. The number of nitrogens with zero attached hydrogens (tertiary/aromatic N) is 2. The monoisotopic (exact) mass is 405 g/mol. The fourth-order valence-electron chi connectivity index (χ4n) is 4.73. The number of rotatable bonds is 4. The SMILES string of the molecule is CCc1ccccc1N1C(=O)NC(=O)/C(=C\c2cc(C)n(C3CCCC3)c2C)C1=O. The first-order valence-electron chi connectivity index (χ1n) is 10.6. The van der Waals surface area contributed by atoms with Gasteiger partial charge in [0.05, 0.1) is 5.69 Å². The van der Waals surface area contributed by atoms with Gasteiger partial charge in [0.15, 0.2) is 0 Å². The fourth-order valence-corrected chi connectivity index (χ4v) is 4.73. The molecule has 156 valence electrons. The van der Waals surface area contributed by atoms with E-state index in [-0.39, 0.29) is 5.57 Å². The van der Waals surface area contributed by atoms with Crippen molar-refractivity contribution in [3.05, 3.63) is 58.4 Å². The molecule has 1 N–H and O–H groups in total. The topological polar surface area (TPSA) is 71.4 Å². The quantitative estimate of drug-likeness (QED) is 0.603. The predicted octanol–water partition coefficient (Wildman–Crippen LogP) is 4.45. The summed E-state index contributed by atoms with van der Waals surface area (Å²) in [5, 5.41) is 2.33. The summed E-state index contributed by atoms with van der Waals surface area (Å²) in [7, 11) is 0. The van der Waals surface area contributed by atoms with Crippen LogP contribution in [-0.4, -0.2) is 22.4 Å². The molecule has 0 bridgehead atoms. The number of carbonyl (C=O) groups is 3. The highest BCUT2D eigenvalue weighted by molar-refractivity contribution is 6.39. The molecule has 1 aliphatic heterocycles. The number of aromatic nitrogens is 1. The zero-order chi connectivity index (χ0) is 21.4. The van der Waals surface area contributed by atoms with Gasteiger partial charge in [0.25, 0.3) is 11.8 Å². The number of para-hydroxylation sites is 1. The number of hydrogen-bond donors (Lipinski definition) is 1. The predicted molar refractivity (Wildman–Crippen MR) is 116 cm³/mol. The van der Waals surface area contributed by atoms with E-state index in [2.05, 4.69) is 16.8 Å². The van der Waals surface area contributed by atoms with Gasteiger partial charge in [-0.1, -0.05) is 38.0 Å². The third-order valence-electron chi connectivity index (χ3n) is 6.23. The van der Waals surface area contributed by atoms with E-state index >= 15 is 0 Å². The van der Waals surface area contributed by atoms with Crippen molar-refractivity contribution in [2.24, 2.45) is 0 Å². The Morgan fingerprint density at radius 3 is 2.50 bits per heavy atom. The van der Waals surface area contributed by atoms with Gasteiger partial charge < -0.3 is 4.57 Å². The standard InChI is InChI=1S/C24H27N3O3/c1-4-17-9-5-8-12-21(17)27-23(29)20(22(28)25-24(27)30)14-18-13-15(2)26(16(18)3)19-10-6-7-11-19/h5,8-9,12-14,19H,4,6-7,10-11H2,1-3H3,(H,25,28,30)/b20-14+. The molecule has 2 heterocycles. The maximum atomic E-state index is 13.2. The zero-order valence-corrected chi connectivity index (χ0v) is 17.7. The van der Waals surface area contributed by atoms with E-state index in [1.165, 1.54) is 12.8 Å². The molecule has 0 atom stereocenters. The van der Waals surface area contributed by atoms with Crippen molar-refractivity contribution in [1.29, 1.82) is 0 Å². The molecule has 0 spiro atoms. The van der Waals surface area contributed by atoms with Gasteiger partial charge in [0, 0.05) is 17.4 Å². The Kier molecular flexibility index (Phi) is 5.33. The van der Waals surface area contributed by atoms with Crippen LogP contribution >= 0.6 is 0 Å². The number of anilines is 1. The number of aryl methyl sites for hydroxylation is 2. The van der Waals surface area contributed by atoms with Crippen LogP contribution < -0.4 is 10.2 Å². The summed E-state index contributed by atoms with van der Waals surface area (Å²) < 4.78 is 2.32. The number of urea groups is 1.